The maximum Gasteiger partial charge on any atom is 0.337 e. The summed E-state index contributed by atoms with van der Waals surface area (Å²) in [5, 5.41) is 15.2. The van der Waals surface area contributed by atoms with Crippen molar-refractivity contribution in [2.45, 2.75) is 0 Å². The first-order valence-electron chi connectivity index (χ1n) is 11.0. The third kappa shape index (κ3) is 6.46. The van der Waals surface area contributed by atoms with Crippen LogP contribution >= 0.6 is 0 Å². The number of aromatic carboxylic acids is 1. The van der Waals surface area contributed by atoms with Crippen LogP contribution in [0.5, 0.6) is 5.75 Å². The highest BCUT2D eigenvalue weighted by Gasteiger charge is 2.22. The number of carboxylic acid groups (broad SMARTS) is 1. The van der Waals surface area contributed by atoms with Crippen molar-refractivity contribution in [3.05, 3.63) is 53.6 Å². The topological polar surface area (TPSA) is 120 Å². The monoisotopic (exact) mass is 470 g/mol. The molecule has 0 aliphatic carbocycles. The molecule has 0 saturated carbocycles. The number of amides is 2. The normalized spacial score (nSPS) is 13.9. The van der Waals surface area contributed by atoms with Gasteiger partial charge in [0.05, 0.1) is 37.1 Å². The molecule has 0 atom stereocenters. The number of hydrogen-bond donors (Lipinski definition) is 3. The van der Waals surface area contributed by atoms with Gasteiger partial charge in [0, 0.05) is 45.5 Å². The molecule has 2 amide bonds. The van der Waals surface area contributed by atoms with Gasteiger partial charge in [-0.05, 0) is 30.3 Å². The van der Waals surface area contributed by atoms with Gasteiger partial charge in [-0.3, -0.25) is 14.5 Å². The number of carbonyl (C=O) groups is 3. The number of benzene rings is 2. The molecular formula is C24H30N4O6. The number of nitrogens with one attached hydrogen (secondary N) is 2. The van der Waals surface area contributed by atoms with Crippen LogP contribution in [0, 0.1) is 0 Å². The Labute approximate surface area is 198 Å². The number of nitrogens with zero attached hydrogens (tertiary/aromatic N) is 2. The summed E-state index contributed by atoms with van der Waals surface area (Å²) in [6, 6.07) is 11.7. The maximum absolute atomic E-state index is 12.7. The van der Waals surface area contributed by atoms with Crippen molar-refractivity contribution in [2.24, 2.45) is 0 Å². The highest BCUT2D eigenvalue weighted by molar-refractivity contribution is 6.09. The van der Waals surface area contributed by atoms with Crippen LogP contribution in [0.3, 0.4) is 0 Å². The lowest BCUT2D eigenvalue weighted by Crippen LogP contribution is -2.49. The van der Waals surface area contributed by atoms with Crippen molar-refractivity contribution in [1.82, 2.24) is 10.2 Å². The summed E-state index contributed by atoms with van der Waals surface area (Å²) in [6.45, 7) is 3.91. The van der Waals surface area contributed by atoms with E-state index in [0.29, 0.717) is 57.2 Å². The van der Waals surface area contributed by atoms with Crippen LogP contribution in [0.1, 0.15) is 20.7 Å². The Hall–Kier alpha value is -3.63. The molecule has 34 heavy (non-hydrogen) atoms. The van der Waals surface area contributed by atoms with E-state index in [4.69, 9.17) is 9.47 Å². The lowest BCUT2D eigenvalue weighted by atomic mass is 10.1. The van der Waals surface area contributed by atoms with Gasteiger partial charge in [-0.2, -0.15) is 0 Å². The van der Waals surface area contributed by atoms with Gasteiger partial charge in [0.1, 0.15) is 5.75 Å². The molecular weight excluding hydrogens is 440 g/mol. The van der Waals surface area contributed by atoms with E-state index in [0.717, 1.165) is 5.69 Å². The average Bonchev–Trinajstić information content (AvgIpc) is 2.84. The number of carboxylic acids is 1. The molecule has 1 aliphatic heterocycles. The second kappa shape index (κ2) is 12.0. The molecule has 1 fully saturated rings. The minimum Gasteiger partial charge on any atom is -0.496 e. The molecule has 10 heteroatoms. The Kier molecular flexibility index (Phi) is 8.83. The highest BCUT2D eigenvalue weighted by atomic mass is 16.5. The molecule has 1 saturated heterocycles. The van der Waals surface area contributed by atoms with Crippen molar-refractivity contribution in [1.29, 1.82) is 0 Å². The Bertz CT molecular complexity index is 1020. The number of ether oxygens (including phenoxy) is 2. The van der Waals surface area contributed by atoms with E-state index in [-0.39, 0.29) is 17.2 Å². The molecule has 3 rings (SSSR count). The summed E-state index contributed by atoms with van der Waals surface area (Å²) < 4.78 is 10.1. The molecule has 2 aromatic carbocycles. The molecule has 0 radical (unpaired) electrons. The first-order valence-corrected chi connectivity index (χ1v) is 11.0. The molecule has 1 heterocycles. The van der Waals surface area contributed by atoms with Gasteiger partial charge in [-0.1, -0.05) is 12.1 Å². The van der Waals surface area contributed by atoms with E-state index in [1.54, 1.807) is 49.6 Å². The quantitative estimate of drug-likeness (QED) is 0.447. The van der Waals surface area contributed by atoms with Crippen LogP contribution in [0.15, 0.2) is 42.5 Å². The molecule has 2 aromatic rings. The molecule has 0 bridgehead atoms. The Morgan fingerprint density at radius 1 is 1.00 bits per heavy atom. The van der Waals surface area contributed by atoms with Crippen molar-refractivity contribution in [3.63, 3.8) is 0 Å². The third-order valence-corrected chi connectivity index (χ3v) is 5.57. The average molecular weight is 471 g/mol. The van der Waals surface area contributed by atoms with E-state index < -0.39 is 11.9 Å². The Morgan fingerprint density at radius 3 is 2.41 bits per heavy atom. The summed E-state index contributed by atoms with van der Waals surface area (Å²) in [5.74, 6) is -1.24. The predicted molar refractivity (Wildman–Crippen MR) is 128 cm³/mol. The summed E-state index contributed by atoms with van der Waals surface area (Å²) >= 11 is 0. The standard InChI is InChI=1S/C24H30N4O6/c1-33-14-9-25-22(29)16-27-10-12-28(13-11-27)17-7-8-20(19(15-17)24(31)32)26-23(30)18-5-3-4-6-21(18)34-2/h3-8,15H,9-14,16H2,1-2H3,(H,25,29)(H,26,30)(H,31,32). The van der Waals surface area contributed by atoms with Crippen LogP contribution in [-0.4, -0.2) is 87.9 Å². The Balaban J connectivity index is 1.64. The fourth-order valence-electron chi connectivity index (χ4n) is 3.75. The van der Waals surface area contributed by atoms with Crippen LogP contribution < -0.4 is 20.3 Å². The summed E-state index contributed by atoms with van der Waals surface area (Å²) in [7, 11) is 3.05. The number of carbonyl (C=O) groups excluding carboxylic acids is 2. The van der Waals surface area contributed by atoms with Gasteiger partial charge in [-0.15, -0.1) is 0 Å². The zero-order valence-corrected chi connectivity index (χ0v) is 19.4. The zero-order chi connectivity index (χ0) is 24.5. The second-order valence-electron chi connectivity index (χ2n) is 7.80. The molecule has 1 aliphatic rings. The molecule has 3 N–H and O–H groups in total. The van der Waals surface area contributed by atoms with Gasteiger partial charge < -0.3 is 30.1 Å². The fourth-order valence-corrected chi connectivity index (χ4v) is 3.75. The summed E-state index contributed by atoms with van der Waals surface area (Å²) in [4.78, 5) is 40.8. The number of methoxy groups -OCH3 is 2. The van der Waals surface area contributed by atoms with Crippen LogP contribution in [-0.2, 0) is 9.53 Å². The Morgan fingerprint density at radius 2 is 1.74 bits per heavy atom. The first kappa shape index (κ1) is 25.0. The third-order valence-electron chi connectivity index (χ3n) is 5.57. The number of rotatable bonds is 10. The predicted octanol–water partition coefficient (Wildman–Crippen LogP) is 1.53. The number of para-hydroxylation sites is 1. The number of hydrogen-bond acceptors (Lipinski definition) is 7. The summed E-state index contributed by atoms with van der Waals surface area (Å²) in [6.07, 6.45) is 0. The van der Waals surface area contributed by atoms with Crippen molar-refractivity contribution in [3.8, 4) is 5.75 Å². The smallest absolute Gasteiger partial charge is 0.337 e. The fraction of sp³-hybridized carbons (Fsp3) is 0.375. The molecule has 0 spiro atoms. The lowest BCUT2D eigenvalue weighted by molar-refractivity contribution is -0.122. The van der Waals surface area contributed by atoms with E-state index in [1.165, 1.54) is 7.11 Å². The minimum atomic E-state index is -1.14. The second-order valence-corrected chi connectivity index (χ2v) is 7.80. The van der Waals surface area contributed by atoms with E-state index in [9.17, 15) is 19.5 Å². The van der Waals surface area contributed by atoms with E-state index >= 15 is 0 Å². The van der Waals surface area contributed by atoms with Crippen molar-refractivity contribution in [2.75, 3.05) is 70.3 Å². The SMILES string of the molecule is COCCNC(=O)CN1CCN(c2ccc(NC(=O)c3ccccc3OC)c(C(=O)O)c2)CC1. The zero-order valence-electron chi connectivity index (χ0n) is 19.4. The first-order chi connectivity index (χ1) is 16.4. The lowest BCUT2D eigenvalue weighted by Gasteiger charge is -2.36. The van der Waals surface area contributed by atoms with Crippen molar-refractivity contribution < 1.29 is 29.0 Å². The van der Waals surface area contributed by atoms with Crippen LogP contribution in [0.25, 0.3) is 0 Å². The maximum atomic E-state index is 12.7. The van der Waals surface area contributed by atoms with E-state index in [1.807, 2.05) is 0 Å². The summed E-state index contributed by atoms with van der Waals surface area (Å²) in [5.41, 5.74) is 1.27. The van der Waals surface area contributed by atoms with Crippen LogP contribution in [0.4, 0.5) is 11.4 Å². The van der Waals surface area contributed by atoms with Gasteiger partial charge in [0.2, 0.25) is 5.91 Å². The number of piperazine rings is 1. The highest BCUT2D eigenvalue weighted by Crippen LogP contribution is 2.26. The number of anilines is 2. The van der Waals surface area contributed by atoms with Crippen molar-refractivity contribution >= 4 is 29.2 Å². The van der Waals surface area contributed by atoms with Gasteiger partial charge in [0.15, 0.2) is 0 Å². The molecule has 0 unspecified atom stereocenters. The molecule has 0 aromatic heterocycles. The largest absolute Gasteiger partial charge is 0.496 e. The van der Waals surface area contributed by atoms with Gasteiger partial charge >= 0.3 is 5.97 Å². The van der Waals surface area contributed by atoms with Crippen LogP contribution in [0.2, 0.25) is 0 Å². The van der Waals surface area contributed by atoms with Gasteiger partial charge in [0.25, 0.3) is 5.91 Å². The minimum absolute atomic E-state index is 0.000647. The molecule has 182 valence electrons. The van der Waals surface area contributed by atoms with E-state index in [2.05, 4.69) is 20.4 Å². The molecule has 10 nitrogen and oxygen atoms in total. The van der Waals surface area contributed by atoms with Gasteiger partial charge in [-0.25, -0.2) is 4.79 Å².